The Balaban J connectivity index is 1.51. The summed E-state index contributed by atoms with van der Waals surface area (Å²) >= 11 is 1.31. The molecule has 7 heteroatoms. The van der Waals surface area contributed by atoms with Gasteiger partial charge in [0.1, 0.15) is 12.4 Å². The number of benzene rings is 3. The van der Waals surface area contributed by atoms with Gasteiger partial charge in [0.15, 0.2) is 4.80 Å². The Morgan fingerprint density at radius 2 is 1.72 bits per heavy atom. The van der Waals surface area contributed by atoms with Gasteiger partial charge in [-0.3, -0.25) is 9.36 Å². The van der Waals surface area contributed by atoms with E-state index in [9.17, 15) is 9.59 Å². The summed E-state index contributed by atoms with van der Waals surface area (Å²) in [7, 11) is 1.35. The molecule has 4 aromatic rings. The molecule has 1 atom stereocenters. The summed E-state index contributed by atoms with van der Waals surface area (Å²) in [4.78, 5) is 31.8. The summed E-state index contributed by atoms with van der Waals surface area (Å²) in [5, 5.41) is 0. The van der Waals surface area contributed by atoms with Crippen molar-refractivity contribution >= 4 is 23.4 Å². The highest BCUT2D eigenvalue weighted by Gasteiger charge is 2.33. The quantitative estimate of drug-likeness (QED) is 0.307. The van der Waals surface area contributed by atoms with E-state index in [4.69, 9.17) is 9.47 Å². The van der Waals surface area contributed by atoms with Gasteiger partial charge in [-0.2, -0.15) is 0 Å². The molecular weight excluding hydrogens is 508 g/mol. The Morgan fingerprint density at radius 3 is 2.36 bits per heavy atom. The van der Waals surface area contributed by atoms with Crippen LogP contribution < -0.4 is 19.6 Å². The Kier molecular flexibility index (Phi) is 7.61. The van der Waals surface area contributed by atoms with Gasteiger partial charge in [0.25, 0.3) is 5.56 Å². The van der Waals surface area contributed by atoms with Gasteiger partial charge in [-0.1, -0.05) is 91.9 Å². The lowest BCUT2D eigenvalue weighted by Gasteiger charge is -2.24. The fourth-order valence-corrected chi connectivity index (χ4v) is 5.67. The van der Waals surface area contributed by atoms with Crippen molar-refractivity contribution in [2.24, 2.45) is 4.99 Å². The molecule has 198 valence electrons. The smallest absolute Gasteiger partial charge is 0.338 e. The maximum absolute atomic E-state index is 13.7. The van der Waals surface area contributed by atoms with Crippen LogP contribution in [-0.2, 0) is 16.1 Å². The first-order chi connectivity index (χ1) is 18.9. The zero-order chi connectivity index (χ0) is 27.5. The van der Waals surface area contributed by atoms with Crippen molar-refractivity contribution in [3.05, 3.63) is 132 Å². The van der Waals surface area contributed by atoms with Gasteiger partial charge >= 0.3 is 5.97 Å². The second kappa shape index (κ2) is 11.3. The summed E-state index contributed by atoms with van der Waals surface area (Å²) in [6.45, 7) is 6.53. The van der Waals surface area contributed by atoms with E-state index in [2.05, 4.69) is 18.8 Å². The number of allylic oxidation sites excluding steroid dienone is 1. The van der Waals surface area contributed by atoms with E-state index in [0.29, 0.717) is 33.1 Å². The molecule has 3 aromatic carbocycles. The van der Waals surface area contributed by atoms with Crippen LogP contribution in [0.15, 0.2) is 99.9 Å². The van der Waals surface area contributed by atoms with Crippen molar-refractivity contribution in [2.75, 3.05) is 7.11 Å². The molecule has 39 heavy (non-hydrogen) atoms. The number of aromatic nitrogens is 1. The number of hydrogen-bond donors (Lipinski definition) is 0. The van der Waals surface area contributed by atoms with Crippen LogP contribution in [0.3, 0.4) is 0 Å². The van der Waals surface area contributed by atoms with E-state index in [1.807, 2.05) is 84.9 Å². The van der Waals surface area contributed by atoms with Crippen LogP contribution in [0.2, 0.25) is 0 Å². The minimum absolute atomic E-state index is 0.199. The number of thiazole rings is 1. The molecule has 0 aliphatic carbocycles. The van der Waals surface area contributed by atoms with Crippen LogP contribution in [0, 0.1) is 0 Å². The second-order valence-electron chi connectivity index (χ2n) is 9.74. The van der Waals surface area contributed by atoms with Crippen molar-refractivity contribution < 1.29 is 14.3 Å². The normalized spacial score (nSPS) is 15.2. The molecule has 1 aromatic heterocycles. The Labute approximate surface area is 231 Å². The first kappa shape index (κ1) is 26.4. The molecule has 1 aliphatic rings. The number of methoxy groups -OCH3 is 1. The summed E-state index contributed by atoms with van der Waals surface area (Å²) in [5.41, 5.74) is 4.70. The number of carbonyl (C=O) groups is 1. The molecule has 0 bridgehead atoms. The van der Waals surface area contributed by atoms with E-state index in [-0.39, 0.29) is 5.56 Å². The molecule has 1 unspecified atom stereocenters. The van der Waals surface area contributed by atoms with Gasteiger partial charge in [-0.05, 0) is 53.3 Å². The fraction of sp³-hybridized carbons (Fsp3) is 0.219. The molecular formula is C32H30N2O4S. The van der Waals surface area contributed by atoms with Crippen molar-refractivity contribution in [3.8, 4) is 5.75 Å². The number of nitrogens with zero attached hydrogens (tertiary/aromatic N) is 2. The minimum Gasteiger partial charge on any atom is -0.489 e. The van der Waals surface area contributed by atoms with Crippen molar-refractivity contribution in [3.63, 3.8) is 0 Å². The Bertz CT molecular complexity index is 1700. The van der Waals surface area contributed by atoms with E-state index in [0.717, 1.165) is 22.4 Å². The summed E-state index contributed by atoms with van der Waals surface area (Å²) in [6, 6.07) is 25.0. The van der Waals surface area contributed by atoms with Crippen LogP contribution in [-0.4, -0.2) is 17.6 Å². The van der Waals surface area contributed by atoms with Crippen LogP contribution in [0.4, 0.5) is 0 Å². The predicted octanol–water partition coefficient (Wildman–Crippen LogP) is 5.11. The standard InChI is InChI=1S/C32H30N2O4S/c1-20(2)24-12-14-25(15-13-24)29-28(31(36)37-4)21(3)33-32-34(29)30(35)27(39-32)18-22-10-16-26(17-11-22)38-19-23-8-6-5-7-9-23/h5-18,20,29H,19H2,1-4H3/b27-18-. The molecule has 0 saturated heterocycles. The average Bonchev–Trinajstić information content (AvgIpc) is 3.26. The molecule has 5 rings (SSSR count). The summed E-state index contributed by atoms with van der Waals surface area (Å²) in [5.74, 6) is 0.628. The maximum Gasteiger partial charge on any atom is 0.338 e. The monoisotopic (exact) mass is 538 g/mol. The molecule has 0 fully saturated rings. The van der Waals surface area contributed by atoms with Gasteiger partial charge in [0, 0.05) is 0 Å². The summed E-state index contributed by atoms with van der Waals surface area (Å²) in [6.07, 6.45) is 1.85. The van der Waals surface area contributed by atoms with E-state index in [1.165, 1.54) is 24.0 Å². The van der Waals surface area contributed by atoms with Gasteiger partial charge < -0.3 is 9.47 Å². The molecule has 0 N–H and O–H groups in total. The highest BCUT2D eigenvalue weighted by molar-refractivity contribution is 7.07. The van der Waals surface area contributed by atoms with Gasteiger partial charge in [0.2, 0.25) is 0 Å². The number of esters is 1. The lowest BCUT2D eigenvalue weighted by atomic mass is 9.93. The second-order valence-corrected chi connectivity index (χ2v) is 10.7. The molecule has 6 nitrogen and oxygen atoms in total. The number of hydrogen-bond acceptors (Lipinski definition) is 6. The van der Waals surface area contributed by atoms with E-state index >= 15 is 0 Å². The summed E-state index contributed by atoms with van der Waals surface area (Å²) < 4.78 is 13.1. The van der Waals surface area contributed by atoms with E-state index in [1.54, 1.807) is 11.5 Å². The third-order valence-electron chi connectivity index (χ3n) is 6.77. The number of fused-ring (bicyclic) bond motifs is 1. The number of ether oxygens (including phenoxy) is 2. The molecule has 0 saturated carbocycles. The Morgan fingerprint density at radius 1 is 1.03 bits per heavy atom. The van der Waals surface area contributed by atoms with Crippen LogP contribution >= 0.6 is 11.3 Å². The Hall–Kier alpha value is -4.23. The van der Waals surface area contributed by atoms with Gasteiger partial charge in [-0.25, -0.2) is 9.79 Å². The largest absolute Gasteiger partial charge is 0.489 e. The van der Waals surface area contributed by atoms with E-state index < -0.39 is 12.0 Å². The zero-order valence-electron chi connectivity index (χ0n) is 22.4. The number of rotatable bonds is 7. The third kappa shape index (κ3) is 5.49. The van der Waals surface area contributed by atoms with Crippen LogP contribution in [0.1, 0.15) is 55.0 Å². The van der Waals surface area contributed by atoms with Crippen LogP contribution in [0.5, 0.6) is 5.75 Å². The molecule has 1 aliphatic heterocycles. The van der Waals surface area contributed by atoms with Gasteiger partial charge in [0.05, 0.1) is 29.0 Å². The highest BCUT2D eigenvalue weighted by Crippen LogP contribution is 2.31. The van der Waals surface area contributed by atoms with Gasteiger partial charge in [-0.15, -0.1) is 0 Å². The highest BCUT2D eigenvalue weighted by atomic mass is 32.1. The fourth-order valence-electron chi connectivity index (χ4n) is 4.62. The molecule has 0 spiro atoms. The zero-order valence-corrected chi connectivity index (χ0v) is 23.2. The van der Waals surface area contributed by atoms with Crippen LogP contribution in [0.25, 0.3) is 6.08 Å². The minimum atomic E-state index is -0.620. The van der Waals surface area contributed by atoms with Crippen molar-refractivity contribution in [1.82, 2.24) is 4.57 Å². The third-order valence-corrected chi connectivity index (χ3v) is 7.75. The molecule has 0 amide bonds. The lowest BCUT2D eigenvalue weighted by Crippen LogP contribution is -2.39. The lowest BCUT2D eigenvalue weighted by molar-refractivity contribution is -0.136. The first-order valence-electron chi connectivity index (χ1n) is 12.8. The van der Waals surface area contributed by atoms with Crippen molar-refractivity contribution in [1.29, 1.82) is 0 Å². The number of carbonyl (C=O) groups excluding carboxylic acids is 1. The van der Waals surface area contributed by atoms with Crippen molar-refractivity contribution in [2.45, 2.75) is 39.3 Å². The SMILES string of the molecule is COC(=O)C1=C(C)N=c2s/c(=C\c3ccc(OCc4ccccc4)cc3)c(=O)n2C1c1ccc(C(C)C)cc1. The average molecular weight is 539 g/mol. The molecule has 2 heterocycles. The molecule has 0 radical (unpaired) electrons. The topological polar surface area (TPSA) is 69.9 Å². The predicted molar refractivity (Wildman–Crippen MR) is 154 cm³/mol. The first-order valence-corrected chi connectivity index (χ1v) is 13.6. The maximum atomic E-state index is 13.7.